The van der Waals surface area contributed by atoms with E-state index in [-0.39, 0.29) is 16.6 Å². The van der Waals surface area contributed by atoms with Crippen molar-refractivity contribution in [2.45, 2.75) is 71.5 Å². The van der Waals surface area contributed by atoms with Crippen molar-refractivity contribution < 1.29 is 9.84 Å². The van der Waals surface area contributed by atoms with Gasteiger partial charge in [-0.05, 0) is 46.5 Å². The van der Waals surface area contributed by atoms with Crippen molar-refractivity contribution in [1.82, 2.24) is 4.90 Å². The molecule has 1 saturated heterocycles. The zero-order chi connectivity index (χ0) is 15.0. The fraction of sp³-hybridized carbons (Fsp3) is 1.00. The average molecular weight is 283 g/mol. The standard InChI is InChI=1S/C17H33NO2/c1-14-6-8-17(13-19,9-7-14)12-18-10-15(2,3)20-16(4,5)11-18/h14,19H,6-13H2,1-5H3. The molecule has 0 atom stereocenters. The third-order valence-corrected chi connectivity index (χ3v) is 4.99. The zero-order valence-electron chi connectivity index (χ0n) is 14.0. The monoisotopic (exact) mass is 283 g/mol. The molecule has 0 spiro atoms. The van der Waals surface area contributed by atoms with Crippen LogP contribution in [-0.2, 0) is 4.74 Å². The van der Waals surface area contributed by atoms with E-state index in [1.54, 1.807) is 0 Å². The highest BCUT2D eigenvalue weighted by Crippen LogP contribution is 2.40. The lowest BCUT2D eigenvalue weighted by Crippen LogP contribution is -2.59. The van der Waals surface area contributed by atoms with Crippen molar-refractivity contribution in [2.24, 2.45) is 11.3 Å². The molecule has 0 radical (unpaired) electrons. The van der Waals surface area contributed by atoms with Crippen LogP contribution in [0.15, 0.2) is 0 Å². The first kappa shape index (κ1) is 16.3. The SMILES string of the molecule is CC1CCC(CO)(CN2CC(C)(C)OC(C)(C)C2)CC1. The van der Waals surface area contributed by atoms with E-state index in [1.165, 1.54) is 25.7 Å². The molecule has 2 aliphatic rings. The Hall–Kier alpha value is -0.120. The van der Waals surface area contributed by atoms with E-state index in [4.69, 9.17) is 4.74 Å². The second kappa shape index (κ2) is 5.58. The largest absolute Gasteiger partial charge is 0.396 e. The Kier molecular flexibility index (Phi) is 4.54. The van der Waals surface area contributed by atoms with Gasteiger partial charge in [-0.2, -0.15) is 0 Å². The molecule has 0 aromatic rings. The van der Waals surface area contributed by atoms with E-state index in [9.17, 15) is 5.11 Å². The van der Waals surface area contributed by atoms with E-state index in [0.29, 0.717) is 6.61 Å². The number of ether oxygens (including phenoxy) is 1. The second-order valence-corrected chi connectivity index (χ2v) is 8.61. The van der Waals surface area contributed by atoms with Crippen LogP contribution in [0.4, 0.5) is 0 Å². The number of aliphatic hydroxyl groups excluding tert-OH is 1. The van der Waals surface area contributed by atoms with Gasteiger partial charge in [-0.15, -0.1) is 0 Å². The van der Waals surface area contributed by atoms with Crippen LogP contribution < -0.4 is 0 Å². The topological polar surface area (TPSA) is 32.7 Å². The van der Waals surface area contributed by atoms with Crippen LogP contribution in [0.5, 0.6) is 0 Å². The predicted octanol–water partition coefficient (Wildman–Crippen LogP) is 3.06. The summed E-state index contributed by atoms with van der Waals surface area (Å²) >= 11 is 0. The van der Waals surface area contributed by atoms with Crippen molar-refractivity contribution in [3.8, 4) is 0 Å². The molecule has 1 aliphatic heterocycles. The molecule has 20 heavy (non-hydrogen) atoms. The Balaban J connectivity index is 2.04. The Labute approximate surface area is 124 Å². The lowest BCUT2D eigenvalue weighted by Gasteiger charge is -2.50. The van der Waals surface area contributed by atoms with Gasteiger partial charge < -0.3 is 9.84 Å². The fourth-order valence-electron chi connectivity index (χ4n) is 4.27. The third kappa shape index (κ3) is 3.96. The van der Waals surface area contributed by atoms with Crippen LogP contribution in [0.3, 0.4) is 0 Å². The van der Waals surface area contributed by atoms with Gasteiger partial charge in [0.2, 0.25) is 0 Å². The van der Waals surface area contributed by atoms with E-state index in [2.05, 4.69) is 39.5 Å². The van der Waals surface area contributed by atoms with Crippen LogP contribution in [0.25, 0.3) is 0 Å². The summed E-state index contributed by atoms with van der Waals surface area (Å²) in [6, 6.07) is 0. The summed E-state index contributed by atoms with van der Waals surface area (Å²) in [5.74, 6) is 0.826. The van der Waals surface area contributed by atoms with Crippen molar-refractivity contribution >= 4 is 0 Å². The van der Waals surface area contributed by atoms with Crippen LogP contribution >= 0.6 is 0 Å². The molecule has 3 heteroatoms. The number of nitrogens with zero attached hydrogens (tertiary/aromatic N) is 1. The van der Waals surface area contributed by atoms with Gasteiger partial charge >= 0.3 is 0 Å². The molecule has 1 N–H and O–H groups in total. The quantitative estimate of drug-likeness (QED) is 0.864. The number of hydrogen-bond donors (Lipinski definition) is 1. The Morgan fingerprint density at radius 1 is 1.05 bits per heavy atom. The minimum Gasteiger partial charge on any atom is -0.396 e. The van der Waals surface area contributed by atoms with Crippen LogP contribution in [0, 0.1) is 11.3 Å². The first-order valence-corrected chi connectivity index (χ1v) is 8.19. The predicted molar refractivity (Wildman–Crippen MR) is 82.8 cm³/mol. The van der Waals surface area contributed by atoms with Gasteiger partial charge in [-0.1, -0.05) is 19.8 Å². The minimum atomic E-state index is -0.0969. The van der Waals surface area contributed by atoms with Gasteiger partial charge in [-0.25, -0.2) is 0 Å². The summed E-state index contributed by atoms with van der Waals surface area (Å²) in [5.41, 5.74) is -0.0727. The number of aliphatic hydroxyl groups is 1. The molecule has 0 aromatic heterocycles. The van der Waals surface area contributed by atoms with Crippen molar-refractivity contribution in [1.29, 1.82) is 0 Å². The number of morpholine rings is 1. The Morgan fingerprint density at radius 3 is 2.00 bits per heavy atom. The molecule has 2 fully saturated rings. The smallest absolute Gasteiger partial charge is 0.0760 e. The molecule has 1 saturated carbocycles. The number of rotatable bonds is 3. The van der Waals surface area contributed by atoms with E-state index >= 15 is 0 Å². The normalized spacial score (nSPS) is 37.8. The summed E-state index contributed by atoms with van der Waals surface area (Å²) in [6.07, 6.45) is 4.86. The van der Waals surface area contributed by atoms with Gasteiger partial charge in [0.15, 0.2) is 0 Å². The van der Waals surface area contributed by atoms with Crippen LogP contribution in [0.1, 0.15) is 60.3 Å². The molecule has 1 aliphatic carbocycles. The first-order chi connectivity index (χ1) is 9.15. The molecule has 0 aromatic carbocycles. The second-order valence-electron chi connectivity index (χ2n) is 8.61. The fourth-order valence-corrected chi connectivity index (χ4v) is 4.27. The van der Waals surface area contributed by atoms with Crippen molar-refractivity contribution in [3.05, 3.63) is 0 Å². The lowest BCUT2D eigenvalue weighted by atomic mass is 9.70. The van der Waals surface area contributed by atoms with E-state index < -0.39 is 0 Å². The highest BCUT2D eigenvalue weighted by molar-refractivity contribution is 4.94. The maximum absolute atomic E-state index is 9.96. The third-order valence-electron chi connectivity index (χ3n) is 4.99. The summed E-state index contributed by atoms with van der Waals surface area (Å²) in [6.45, 7) is 14.3. The lowest BCUT2D eigenvalue weighted by molar-refractivity contribution is -0.187. The van der Waals surface area contributed by atoms with Crippen LogP contribution in [-0.4, -0.2) is 47.4 Å². The first-order valence-electron chi connectivity index (χ1n) is 8.19. The van der Waals surface area contributed by atoms with E-state index in [0.717, 1.165) is 25.6 Å². The Bertz CT molecular complexity index is 314. The van der Waals surface area contributed by atoms with Gasteiger partial charge in [0.05, 0.1) is 11.2 Å². The highest BCUT2D eigenvalue weighted by atomic mass is 16.5. The van der Waals surface area contributed by atoms with Gasteiger partial charge in [0, 0.05) is 31.7 Å². The molecule has 2 rings (SSSR count). The molecular weight excluding hydrogens is 250 g/mol. The molecule has 3 nitrogen and oxygen atoms in total. The molecule has 0 bridgehead atoms. The van der Waals surface area contributed by atoms with Crippen molar-refractivity contribution in [3.63, 3.8) is 0 Å². The van der Waals surface area contributed by atoms with E-state index in [1.807, 2.05) is 0 Å². The molecule has 0 unspecified atom stereocenters. The summed E-state index contributed by atoms with van der Waals surface area (Å²) < 4.78 is 6.16. The maximum Gasteiger partial charge on any atom is 0.0760 e. The highest BCUT2D eigenvalue weighted by Gasteiger charge is 2.42. The number of hydrogen-bond acceptors (Lipinski definition) is 3. The summed E-state index contributed by atoms with van der Waals surface area (Å²) in [5, 5.41) is 9.96. The molecule has 118 valence electrons. The summed E-state index contributed by atoms with van der Waals surface area (Å²) in [4.78, 5) is 2.52. The Morgan fingerprint density at radius 2 is 1.55 bits per heavy atom. The summed E-state index contributed by atoms with van der Waals surface area (Å²) in [7, 11) is 0. The molecular formula is C17H33NO2. The van der Waals surface area contributed by atoms with Crippen LogP contribution in [0.2, 0.25) is 0 Å². The van der Waals surface area contributed by atoms with Gasteiger partial charge in [-0.3, -0.25) is 4.90 Å². The average Bonchev–Trinajstić information content (AvgIpc) is 2.28. The van der Waals surface area contributed by atoms with Gasteiger partial charge in [0.25, 0.3) is 0 Å². The zero-order valence-corrected chi connectivity index (χ0v) is 14.0. The molecule has 1 heterocycles. The maximum atomic E-state index is 9.96. The minimum absolute atomic E-state index is 0.0969. The van der Waals surface area contributed by atoms with Crippen molar-refractivity contribution in [2.75, 3.05) is 26.2 Å². The molecule has 0 amide bonds. The van der Waals surface area contributed by atoms with Gasteiger partial charge in [0.1, 0.15) is 0 Å².